The van der Waals surface area contributed by atoms with Gasteiger partial charge in [0.15, 0.2) is 0 Å². The molecular formula is C10H15N. The lowest BCUT2D eigenvalue weighted by Gasteiger charge is -2.02. The highest BCUT2D eigenvalue weighted by molar-refractivity contribution is 5.31. The number of hydrogen-bond acceptors (Lipinski definition) is 1. The first-order chi connectivity index (χ1) is 5.24. The molecule has 0 aliphatic heterocycles. The van der Waals surface area contributed by atoms with Gasteiger partial charge in [0.1, 0.15) is 0 Å². The summed E-state index contributed by atoms with van der Waals surface area (Å²) < 4.78 is 0. The highest BCUT2D eigenvalue weighted by Gasteiger charge is 2.05. The van der Waals surface area contributed by atoms with E-state index in [1.165, 1.54) is 12.0 Å². The van der Waals surface area contributed by atoms with Crippen LogP contribution in [0.15, 0.2) is 36.1 Å². The van der Waals surface area contributed by atoms with Crippen LogP contribution in [-0.4, -0.2) is 0 Å². The minimum Gasteiger partial charge on any atom is -0.399 e. The van der Waals surface area contributed by atoms with Crippen molar-refractivity contribution in [3.05, 3.63) is 36.1 Å². The second-order valence-electron chi connectivity index (χ2n) is 3.06. The second-order valence-corrected chi connectivity index (χ2v) is 3.06. The molecule has 0 aromatic heterocycles. The molecular weight excluding hydrogens is 134 g/mol. The van der Waals surface area contributed by atoms with Crippen LogP contribution in [0.4, 0.5) is 0 Å². The molecule has 0 heterocycles. The number of rotatable bonds is 1. The third kappa shape index (κ3) is 1.97. The maximum Gasteiger partial charge on any atom is 0.0343 e. The van der Waals surface area contributed by atoms with Crippen molar-refractivity contribution in [3.63, 3.8) is 0 Å². The maximum atomic E-state index is 5.77. The van der Waals surface area contributed by atoms with E-state index in [4.69, 9.17) is 5.73 Å². The van der Waals surface area contributed by atoms with Gasteiger partial charge in [-0.3, -0.25) is 0 Å². The van der Waals surface area contributed by atoms with Crippen LogP contribution in [0.3, 0.4) is 0 Å². The predicted molar refractivity (Wildman–Crippen MR) is 48.9 cm³/mol. The van der Waals surface area contributed by atoms with Gasteiger partial charge in [-0.1, -0.05) is 25.7 Å². The summed E-state index contributed by atoms with van der Waals surface area (Å²) >= 11 is 0. The van der Waals surface area contributed by atoms with E-state index in [1.807, 2.05) is 12.2 Å². The second kappa shape index (κ2) is 3.42. The monoisotopic (exact) mass is 149 g/mol. The SMILES string of the molecule is C=CC1=C(N)C=CC(C)CC1. The Kier molecular flexibility index (Phi) is 2.53. The molecule has 1 aliphatic rings. The highest BCUT2D eigenvalue weighted by atomic mass is 14.6. The van der Waals surface area contributed by atoms with Gasteiger partial charge in [-0.15, -0.1) is 0 Å². The standard InChI is InChI=1S/C10H15N/c1-3-9-6-4-8(2)5-7-10(9)11/h3,5,7-8H,1,4,6,11H2,2H3. The summed E-state index contributed by atoms with van der Waals surface area (Å²) in [6.45, 7) is 5.93. The Hall–Kier alpha value is -0.980. The van der Waals surface area contributed by atoms with E-state index in [2.05, 4.69) is 19.6 Å². The molecule has 1 atom stereocenters. The summed E-state index contributed by atoms with van der Waals surface area (Å²) in [6, 6.07) is 0. The Morgan fingerprint density at radius 3 is 3.09 bits per heavy atom. The van der Waals surface area contributed by atoms with Gasteiger partial charge in [0.25, 0.3) is 0 Å². The summed E-state index contributed by atoms with van der Waals surface area (Å²) in [6.07, 6.45) is 8.25. The van der Waals surface area contributed by atoms with Crippen LogP contribution in [0.5, 0.6) is 0 Å². The third-order valence-corrected chi connectivity index (χ3v) is 2.09. The van der Waals surface area contributed by atoms with Gasteiger partial charge in [0.2, 0.25) is 0 Å². The Bertz CT molecular complexity index is 211. The molecule has 1 rings (SSSR count). The predicted octanol–water partition coefficient (Wildman–Crippen LogP) is 2.37. The number of nitrogens with two attached hydrogens (primary N) is 1. The van der Waals surface area contributed by atoms with E-state index in [1.54, 1.807) is 0 Å². The van der Waals surface area contributed by atoms with Gasteiger partial charge < -0.3 is 5.73 Å². The van der Waals surface area contributed by atoms with Crippen molar-refractivity contribution in [3.8, 4) is 0 Å². The number of allylic oxidation sites excluding steroid dienone is 4. The molecule has 11 heavy (non-hydrogen) atoms. The molecule has 0 fully saturated rings. The van der Waals surface area contributed by atoms with Gasteiger partial charge >= 0.3 is 0 Å². The molecule has 0 saturated carbocycles. The van der Waals surface area contributed by atoms with E-state index in [0.29, 0.717) is 5.92 Å². The van der Waals surface area contributed by atoms with Gasteiger partial charge in [-0.25, -0.2) is 0 Å². The van der Waals surface area contributed by atoms with Crippen LogP contribution in [0, 0.1) is 5.92 Å². The molecule has 2 N–H and O–H groups in total. The summed E-state index contributed by atoms with van der Waals surface area (Å²) in [4.78, 5) is 0. The zero-order valence-corrected chi connectivity index (χ0v) is 7.01. The smallest absolute Gasteiger partial charge is 0.0343 e. The summed E-state index contributed by atoms with van der Waals surface area (Å²) in [7, 11) is 0. The molecule has 0 aromatic rings. The van der Waals surface area contributed by atoms with Crippen molar-refractivity contribution in [2.75, 3.05) is 0 Å². The van der Waals surface area contributed by atoms with E-state index in [9.17, 15) is 0 Å². The molecule has 1 nitrogen and oxygen atoms in total. The largest absolute Gasteiger partial charge is 0.399 e. The minimum atomic E-state index is 0.644. The van der Waals surface area contributed by atoms with Crippen molar-refractivity contribution < 1.29 is 0 Å². The molecule has 60 valence electrons. The summed E-state index contributed by atoms with van der Waals surface area (Å²) in [5, 5.41) is 0. The molecule has 0 aromatic carbocycles. The topological polar surface area (TPSA) is 26.0 Å². The molecule has 0 spiro atoms. The normalized spacial score (nSPS) is 25.0. The molecule has 0 bridgehead atoms. The fourth-order valence-corrected chi connectivity index (χ4v) is 1.22. The lowest BCUT2D eigenvalue weighted by Crippen LogP contribution is -1.96. The Morgan fingerprint density at radius 1 is 1.73 bits per heavy atom. The van der Waals surface area contributed by atoms with Crippen LogP contribution < -0.4 is 5.73 Å². The third-order valence-electron chi connectivity index (χ3n) is 2.09. The first-order valence-corrected chi connectivity index (χ1v) is 4.03. The maximum absolute atomic E-state index is 5.77. The first kappa shape index (κ1) is 8.12. The fraction of sp³-hybridized carbons (Fsp3) is 0.400. The average Bonchev–Trinajstić information content (AvgIpc) is 2.15. The molecule has 1 heteroatoms. The van der Waals surface area contributed by atoms with Gasteiger partial charge in [-0.05, 0) is 30.4 Å². The van der Waals surface area contributed by atoms with Crippen LogP contribution >= 0.6 is 0 Å². The van der Waals surface area contributed by atoms with Gasteiger partial charge in [0.05, 0.1) is 0 Å². The van der Waals surface area contributed by atoms with E-state index < -0.39 is 0 Å². The van der Waals surface area contributed by atoms with Gasteiger partial charge in [0, 0.05) is 5.70 Å². The van der Waals surface area contributed by atoms with Crippen LogP contribution in [0.25, 0.3) is 0 Å². The molecule has 1 aliphatic carbocycles. The van der Waals surface area contributed by atoms with E-state index in [0.717, 1.165) is 12.1 Å². The zero-order valence-electron chi connectivity index (χ0n) is 7.01. The molecule has 0 saturated heterocycles. The van der Waals surface area contributed by atoms with E-state index in [-0.39, 0.29) is 0 Å². The summed E-state index contributed by atoms with van der Waals surface area (Å²) in [5.41, 5.74) is 7.84. The van der Waals surface area contributed by atoms with Crippen LogP contribution in [-0.2, 0) is 0 Å². The lowest BCUT2D eigenvalue weighted by molar-refractivity contribution is 0.654. The van der Waals surface area contributed by atoms with Crippen LogP contribution in [0.1, 0.15) is 19.8 Å². The Balaban J connectivity index is 2.80. The summed E-state index contributed by atoms with van der Waals surface area (Å²) in [5.74, 6) is 0.644. The molecule has 0 radical (unpaired) electrons. The molecule has 0 amide bonds. The molecule has 1 unspecified atom stereocenters. The van der Waals surface area contributed by atoms with Gasteiger partial charge in [-0.2, -0.15) is 0 Å². The van der Waals surface area contributed by atoms with Crippen molar-refractivity contribution in [2.24, 2.45) is 11.7 Å². The average molecular weight is 149 g/mol. The first-order valence-electron chi connectivity index (χ1n) is 4.03. The fourth-order valence-electron chi connectivity index (χ4n) is 1.22. The minimum absolute atomic E-state index is 0.644. The lowest BCUT2D eigenvalue weighted by atomic mass is 10.0. The van der Waals surface area contributed by atoms with Crippen molar-refractivity contribution in [2.45, 2.75) is 19.8 Å². The van der Waals surface area contributed by atoms with Crippen molar-refractivity contribution in [1.29, 1.82) is 0 Å². The van der Waals surface area contributed by atoms with Crippen molar-refractivity contribution in [1.82, 2.24) is 0 Å². The van der Waals surface area contributed by atoms with E-state index >= 15 is 0 Å². The van der Waals surface area contributed by atoms with Crippen molar-refractivity contribution >= 4 is 0 Å². The van der Waals surface area contributed by atoms with Crippen LogP contribution in [0.2, 0.25) is 0 Å². The Morgan fingerprint density at radius 2 is 2.45 bits per heavy atom. The Labute approximate surface area is 68.3 Å². The number of hydrogen-bond donors (Lipinski definition) is 1. The quantitative estimate of drug-likeness (QED) is 0.608. The zero-order chi connectivity index (χ0) is 8.27. The highest BCUT2D eigenvalue weighted by Crippen LogP contribution is 2.20.